The molecule has 1 atom stereocenters. The fourth-order valence-corrected chi connectivity index (χ4v) is 4.29. The Bertz CT molecular complexity index is 866. The van der Waals surface area contributed by atoms with Crippen LogP contribution in [0.5, 0.6) is 0 Å². The maximum atomic E-state index is 12.3. The first-order valence-electron chi connectivity index (χ1n) is 7.66. The number of pyridine rings is 1. The number of rotatable bonds is 4. The van der Waals surface area contributed by atoms with Crippen molar-refractivity contribution in [1.82, 2.24) is 10.3 Å². The van der Waals surface area contributed by atoms with Crippen LogP contribution in [0.25, 0.3) is 0 Å². The molecule has 2 aromatic rings. The number of sulfonamides is 1. The second kappa shape index (κ2) is 6.24. The number of carbonyl (C=O) groups excluding carboxylic acids is 1. The smallest absolute Gasteiger partial charge is 0.251 e. The van der Waals surface area contributed by atoms with Crippen molar-refractivity contribution in [2.75, 3.05) is 10.6 Å². The average molecular weight is 345 g/mol. The monoisotopic (exact) mass is 345 g/mol. The van der Waals surface area contributed by atoms with Gasteiger partial charge in [0.25, 0.3) is 5.91 Å². The first kappa shape index (κ1) is 16.4. The third-order valence-corrected chi connectivity index (χ3v) is 5.28. The largest absolute Gasteiger partial charge is 0.346 e. The Balaban J connectivity index is 1.77. The van der Waals surface area contributed by atoms with Crippen LogP contribution in [0.4, 0.5) is 5.69 Å². The molecule has 126 valence electrons. The zero-order chi connectivity index (χ0) is 17.3. The van der Waals surface area contributed by atoms with E-state index >= 15 is 0 Å². The first-order valence-corrected chi connectivity index (χ1v) is 9.51. The van der Waals surface area contributed by atoms with Crippen molar-refractivity contribution >= 4 is 21.6 Å². The quantitative estimate of drug-likeness (QED) is 0.915. The summed E-state index contributed by atoms with van der Waals surface area (Å²) in [5.41, 5.74) is 2.83. The Morgan fingerprint density at radius 2 is 2.12 bits per heavy atom. The molecule has 0 bridgehead atoms. The fourth-order valence-electron chi connectivity index (χ4n) is 3.02. The van der Waals surface area contributed by atoms with Crippen LogP contribution < -0.4 is 9.62 Å². The summed E-state index contributed by atoms with van der Waals surface area (Å²) >= 11 is 0. The summed E-state index contributed by atoms with van der Waals surface area (Å²) in [6.07, 6.45) is 3.48. The van der Waals surface area contributed by atoms with E-state index in [-0.39, 0.29) is 11.9 Å². The molecule has 6 nitrogen and oxygen atoms in total. The van der Waals surface area contributed by atoms with Gasteiger partial charge in [-0.3, -0.25) is 14.1 Å². The molecule has 0 unspecified atom stereocenters. The maximum absolute atomic E-state index is 12.3. The normalized spacial score (nSPS) is 16.8. The van der Waals surface area contributed by atoms with E-state index in [0.717, 1.165) is 11.3 Å². The van der Waals surface area contributed by atoms with Crippen LogP contribution in [0.3, 0.4) is 0 Å². The van der Waals surface area contributed by atoms with E-state index in [9.17, 15) is 13.2 Å². The van der Waals surface area contributed by atoms with E-state index in [0.29, 0.717) is 24.2 Å². The Morgan fingerprint density at radius 3 is 2.79 bits per heavy atom. The molecular formula is C17H19N3O3S. The third-order valence-electron chi connectivity index (χ3n) is 4.01. The van der Waals surface area contributed by atoms with E-state index in [1.54, 1.807) is 24.4 Å². The molecule has 0 fully saturated rings. The molecule has 1 aliphatic rings. The van der Waals surface area contributed by atoms with Crippen LogP contribution in [0.15, 0.2) is 42.6 Å². The van der Waals surface area contributed by atoms with E-state index in [2.05, 4.69) is 10.3 Å². The van der Waals surface area contributed by atoms with E-state index in [1.807, 2.05) is 25.1 Å². The van der Waals surface area contributed by atoms with Crippen LogP contribution in [0, 0.1) is 0 Å². The molecular weight excluding hydrogens is 326 g/mol. The molecule has 0 spiro atoms. The molecule has 1 N–H and O–H groups in total. The molecule has 1 aromatic carbocycles. The van der Waals surface area contributed by atoms with E-state index in [1.165, 1.54) is 10.6 Å². The summed E-state index contributed by atoms with van der Waals surface area (Å²) in [7, 11) is -3.32. The van der Waals surface area contributed by atoms with Crippen molar-refractivity contribution in [2.24, 2.45) is 0 Å². The van der Waals surface area contributed by atoms with Gasteiger partial charge in [-0.15, -0.1) is 0 Å². The van der Waals surface area contributed by atoms with Gasteiger partial charge in [0, 0.05) is 17.8 Å². The molecule has 24 heavy (non-hydrogen) atoms. The minimum absolute atomic E-state index is 0.137. The fraction of sp³-hybridized carbons (Fsp3) is 0.294. The Labute approximate surface area is 141 Å². The molecule has 0 saturated carbocycles. The van der Waals surface area contributed by atoms with Crippen molar-refractivity contribution in [2.45, 2.75) is 25.9 Å². The number of anilines is 1. The van der Waals surface area contributed by atoms with Crippen molar-refractivity contribution in [1.29, 1.82) is 0 Å². The molecule has 0 saturated heterocycles. The zero-order valence-corrected chi connectivity index (χ0v) is 14.4. The van der Waals surface area contributed by atoms with Gasteiger partial charge in [-0.1, -0.05) is 6.07 Å². The molecule has 1 aliphatic heterocycles. The summed E-state index contributed by atoms with van der Waals surface area (Å²) in [5, 5.41) is 2.83. The lowest BCUT2D eigenvalue weighted by Crippen LogP contribution is -2.34. The van der Waals surface area contributed by atoms with Gasteiger partial charge in [0.1, 0.15) is 0 Å². The van der Waals surface area contributed by atoms with Gasteiger partial charge in [-0.2, -0.15) is 0 Å². The standard InChI is InChI=1S/C17H19N3O3S/c1-12-9-14-10-13(6-7-16(14)20(12)24(2,22)23)17(21)19-11-15-5-3-4-8-18-15/h3-8,10,12H,9,11H2,1-2H3,(H,19,21)/t12-/m0/s1. The van der Waals surface area contributed by atoms with Crippen molar-refractivity contribution in [3.05, 3.63) is 59.4 Å². The highest BCUT2D eigenvalue weighted by atomic mass is 32.2. The second-order valence-corrected chi connectivity index (χ2v) is 7.82. The highest BCUT2D eigenvalue weighted by Gasteiger charge is 2.32. The second-order valence-electron chi connectivity index (χ2n) is 5.96. The van der Waals surface area contributed by atoms with Crippen LogP contribution >= 0.6 is 0 Å². The number of hydrogen-bond acceptors (Lipinski definition) is 4. The first-order chi connectivity index (χ1) is 11.4. The number of nitrogens with one attached hydrogen (secondary N) is 1. The van der Waals surface area contributed by atoms with Gasteiger partial charge in [-0.05, 0) is 49.2 Å². The van der Waals surface area contributed by atoms with Crippen molar-refractivity contribution in [3.8, 4) is 0 Å². The Kier molecular flexibility index (Phi) is 4.28. The lowest BCUT2D eigenvalue weighted by atomic mass is 10.1. The lowest BCUT2D eigenvalue weighted by molar-refractivity contribution is 0.0950. The topological polar surface area (TPSA) is 79.4 Å². The number of fused-ring (bicyclic) bond motifs is 1. The lowest BCUT2D eigenvalue weighted by Gasteiger charge is -2.21. The number of hydrogen-bond donors (Lipinski definition) is 1. The van der Waals surface area contributed by atoms with Crippen LogP contribution in [0.2, 0.25) is 0 Å². The highest BCUT2D eigenvalue weighted by molar-refractivity contribution is 7.92. The van der Waals surface area contributed by atoms with Crippen molar-refractivity contribution < 1.29 is 13.2 Å². The van der Waals surface area contributed by atoms with Gasteiger partial charge in [-0.25, -0.2) is 8.42 Å². The van der Waals surface area contributed by atoms with Crippen LogP contribution in [-0.4, -0.2) is 31.6 Å². The highest BCUT2D eigenvalue weighted by Crippen LogP contribution is 2.34. The van der Waals surface area contributed by atoms with Gasteiger partial charge in [0.2, 0.25) is 10.0 Å². The predicted octanol–water partition coefficient (Wildman–Crippen LogP) is 1.72. The molecule has 1 amide bonds. The summed E-state index contributed by atoms with van der Waals surface area (Å²) in [6, 6.07) is 10.5. The Morgan fingerprint density at radius 1 is 1.33 bits per heavy atom. The predicted molar refractivity (Wildman–Crippen MR) is 92.3 cm³/mol. The molecule has 7 heteroatoms. The SMILES string of the molecule is C[C@H]1Cc2cc(C(=O)NCc3ccccn3)ccc2N1S(C)(=O)=O. The van der Waals surface area contributed by atoms with Gasteiger partial charge in [0.05, 0.1) is 24.2 Å². The number of amides is 1. The molecule has 0 radical (unpaired) electrons. The molecule has 1 aromatic heterocycles. The van der Waals surface area contributed by atoms with Crippen LogP contribution in [-0.2, 0) is 23.0 Å². The summed E-state index contributed by atoms with van der Waals surface area (Å²) in [6.45, 7) is 2.21. The minimum Gasteiger partial charge on any atom is -0.346 e. The summed E-state index contributed by atoms with van der Waals surface area (Å²) in [5.74, 6) is -0.200. The molecule has 3 rings (SSSR count). The summed E-state index contributed by atoms with van der Waals surface area (Å²) < 4.78 is 25.3. The minimum atomic E-state index is -3.32. The van der Waals surface area contributed by atoms with E-state index < -0.39 is 10.0 Å². The van der Waals surface area contributed by atoms with Gasteiger partial charge in [0.15, 0.2) is 0 Å². The van der Waals surface area contributed by atoms with Gasteiger partial charge >= 0.3 is 0 Å². The number of benzene rings is 1. The van der Waals surface area contributed by atoms with Crippen molar-refractivity contribution in [3.63, 3.8) is 0 Å². The molecule has 2 heterocycles. The number of nitrogens with zero attached hydrogens (tertiary/aromatic N) is 2. The maximum Gasteiger partial charge on any atom is 0.251 e. The third kappa shape index (κ3) is 3.26. The van der Waals surface area contributed by atoms with Gasteiger partial charge < -0.3 is 5.32 Å². The van der Waals surface area contributed by atoms with Crippen LogP contribution in [0.1, 0.15) is 28.5 Å². The average Bonchev–Trinajstić information content (AvgIpc) is 2.88. The number of aromatic nitrogens is 1. The zero-order valence-electron chi connectivity index (χ0n) is 13.6. The number of carbonyl (C=O) groups is 1. The molecule has 0 aliphatic carbocycles. The Hall–Kier alpha value is -2.41. The summed E-state index contributed by atoms with van der Waals surface area (Å²) in [4.78, 5) is 16.5. The van der Waals surface area contributed by atoms with E-state index in [4.69, 9.17) is 0 Å².